The van der Waals surface area contributed by atoms with Gasteiger partial charge in [-0.25, -0.2) is 0 Å². The van der Waals surface area contributed by atoms with Gasteiger partial charge in [0.05, 0.1) is 17.0 Å². The van der Waals surface area contributed by atoms with E-state index in [0.717, 1.165) is 48.1 Å². The first-order chi connectivity index (χ1) is 11.7. The minimum atomic E-state index is -0.0896. The van der Waals surface area contributed by atoms with Gasteiger partial charge in [-0.1, -0.05) is 29.8 Å². The lowest BCUT2D eigenvalue weighted by Gasteiger charge is -2.30. The first-order valence-corrected chi connectivity index (χ1v) is 8.02. The van der Waals surface area contributed by atoms with Gasteiger partial charge in [0, 0.05) is 10.6 Å². The summed E-state index contributed by atoms with van der Waals surface area (Å²) in [6.07, 6.45) is 3.63. The highest BCUT2D eigenvalue weighted by Gasteiger charge is 2.30. The number of nitriles is 3. The van der Waals surface area contributed by atoms with Crippen LogP contribution in [-0.4, -0.2) is 0 Å². The quantitative estimate of drug-likeness (QED) is 0.775. The van der Waals surface area contributed by atoms with Gasteiger partial charge in [0.1, 0.15) is 18.2 Å². The van der Waals surface area contributed by atoms with Crippen molar-refractivity contribution in [2.75, 3.05) is 0 Å². The second-order valence-corrected chi connectivity index (χ2v) is 6.01. The highest BCUT2D eigenvalue weighted by atomic mass is 35.5. The summed E-state index contributed by atoms with van der Waals surface area (Å²) in [7, 11) is 0. The summed E-state index contributed by atoms with van der Waals surface area (Å²) in [6, 6.07) is 13.4. The molecule has 116 valence electrons. The zero-order valence-corrected chi connectivity index (χ0v) is 13.6. The molecular weight excluding hydrogens is 320 g/mol. The van der Waals surface area contributed by atoms with Gasteiger partial charge in [0.25, 0.3) is 0 Å². The van der Waals surface area contributed by atoms with Crippen LogP contribution < -0.4 is 5.32 Å². The lowest BCUT2D eigenvalue weighted by atomic mass is 9.80. The molecular formula is C19H13ClN4. The number of nitrogens with zero attached hydrogens (tertiary/aromatic N) is 3. The summed E-state index contributed by atoms with van der Waals surface area (Å²) in [5.41, 5.74) is 4.20. The summed E-state index contributed by atoms with van der Waals surface area (Å²) in [5, 5.41) is 31.9. The number of benzene rings is 1. The van der Waals surface area contributed by atoms with Crippen LogP contribution in [0, 0.1) is 34.0 Å². The minimum Gasteiger partial charge on any atom is -0.352 e. The van der Waals surface area contributed by atoms with Gasteiger partial charge < -0.3 is 5.32 Å². The largest absolute Gasteiger partial charge is 0.352 e. The van der Waals surface area contributed by atoms with Crippen LogP contribution in [-0.2, 0) is 0 Å². The average molecular weight is 333 g/mol. The Balaban J connectivity index is 2.32. The number of halogens is 1. The molecule has 3 rings (SSSR count). The molecule has 24 heavy (non-hydrogen) atoms. The maximum atomic E-state index is 9.60. The lowest BCUT2D eigenvalue weighted by Crippen LogP contribution is -2.25. The molecule has 1 fully saturated rings. The van der Waals surface area contributed by atoms with Crippen molar-refractivity contribution in [1.82, 2.24) is 5.32 Å². The Morgan fingerprint density at radius 2 is 1.67 bits per heavy atom. The number of rotatable bonds is 1. The molecule has 0 unspecified atom stereocenters. The second kappa shape index (κ2) is 6.63. The zero-order chi connectivity index (χ0) is 17.1. The van der Waals surface area contributed by atoms with E-state index in [0.29, 0.717) is 10.6 Å². The molecule has 1 N–H and O–H groups in total. The van der Waals surface area contributed by atoms with Gasteiger partial charge in [-0.3, -0.25) is 0 Å². The predicted octanol–water partition coefficient (Wildman–Crippen LogP) is 4.35. The fraction of sp³-hybridized carbons (Fsp3) is 0.211. The molecule has 0 aromatic heterocycles. The number of fused-ring (bicyclic) bond motifs is 1. The molecule has 2 aliphatic rings. The van der Waals surface area contributed by atoms with Crippen LogP contribution >= 0.6 is 11.6 Å². The van der Waals surface area contributed by atoms with Crippen molar-refractivity contribution in [1.29, 1.82) is 15.8 Å². The van der Waals surface area contributed by atoms with Crippen molar-refractivity contribution in [3.8, 4) is 18.2 Å². The normalized spacial score (nSPS) is 16.5. The molecule has 5 heteroatoms. The van der Waals surface area contributed by atoms with Crippen LogP contribution in [0.1, 0.15) is 31.2 Å². The molecule has 1 aliphatic heterocycles. The first-order valence-electron chi connectivity index (χ1n) is 7.64. The molecule has 1 aromatic rings. The van der Waals surface area contributed by atoms with Gasteiger partial charge in [-0.15, -0.1) is 0 Å². The van der Waals surface area contributed by atoms with Crippen LogP contribution in [0.3, 0.4) is 0 Å². The standard InChI is InChI=1S/C19H13ClN4/c20-17-8-4-3-7-15(17)19-14-6-2-1-5-13(14)16(11-23)18(24-19)12(9-21)10-22/h3-4,7-8,24H,1-2,5-6H2. The Morgan fingerprint density at radius 3 is 2.29 bits per heavy atom. The Kier molecular flexibility index (Phi) is 4.39. The van der Waals surface area contributed by atoms with Gasteiger partial charge in [0.2, 0.25) is 0 Å². The molecule has 1 aliphatic carbocycles. The lowest BCUT2D eigenvalue weighted by molar-refractivity contribution is 0.669. The van der Waals surface area contributed by atoms with Gasteiger partial charge in [-0.05, 0) is 42.9 Å². The molecule has 4 nitrogen and oxygen atoms in total. The summed E-state index contributed by atoms with van der Waals surface area (Å²) >= 11 is 6.35. The molecule has 0 spiro atoms. The van der Waals surface area contributed by atoms with Crippen LogP contribution in [0.5, 0.6) is 0 Å². The molecule has 1 aromatic carbocycles. The Bertz CT molecular complexity index is 913. The smallest absolute Gasteiger partial charge is 0.154 e. The van der Waals surface area contributed by atoms with E-state index in [4.69, 9.17) is 11.6 Å². The number of hydrogen-bond donors (Lipinski definition) is 1. The number of nitrogens with one attached hydrogen (secondary N) is 1. The van der Waals surface area contributed by atoms with Crippen LogP contribution in [0.15, 0.2) is 52.3 Å². The topological polar surface area (TPSA) is 83.4 Å². The van der Waals surface area contributed by atoms with Crippen LogP contribution in [0.2, 0.25) is 5.02 Å². The Morgan fingerprint density at radius 1 is 1.00 bits per heavy atom. The summed E-state index contributed by atoms with van der Waals surface area (Å²) in [6.45, 7) is 0. The predicted molar refractivity (Wildman–Crippen MR) is 90.9 cm³/mol. The molecule has 0 radical (unpaired) electrons. The van der Waals surface area contributed by atoms with Crippen molar-refractivity contribution in [2.24, 2.45) is 0 Å². The van der Waals surface area contributed by atoms with E-state index in [-0.39, 0.29) is 11.3 Å². The maximum Gasteiger partial charge on any atom is 0.154 e. The Hall–Kier alpha value is -3.00. The van der Waals surface area contributed by atoms with Gasteiger partial charge in [-0.2, -0.15) is 15.8 Å². The third-order valence-electron chi connectivity index (χ3n) is 4.30. The number of hydrogen-bond acceptors (Lipinski definition) is 4. The SMILES string of the molecule is N#CC(C#N)=C1NC(c2ccccc2Cl)=C2CCCCC2=C1C#N. The van der Waals surface area contributed by atoms with Crippen molar-refractivity contribution in [2.45, 2.75) is 25.7 Å². The third kappa shape index (κ3) is 2.56. The molecule has 1 heterocycles. The van der Waals surface area contributed by atoms with E-state index < -0.39 is 0 Å². The summed E-state index contributed by atoms with van der Waals surface area (Å²) in [4.78, 5) is 0. The van der Waals surface area contributed by atoms with E-state index in [1.807, 2.05) is 30.3 Å². The highest BCUT2D eigenvalue weighted by molar-refractivity contribution is 6.32. The van der Waals surface area contributed by atoms with Crippen molar-refractivity contribution in [3.63, 3.8) is 0 Å². The number of dihydropyridines is 1. The van der Waals surface area contributed by atoms with E-state index in [1.54, 1.807) is 6.07 Å². The average Bonchev–Trinajstić information content (AvgIpc) is 2.62. The van der Waals surface area contributed by atoms with Crippen LogP contribution in [0.4, 0.5) is 0 Å². The van der Waals surface area contributed by atoms with E-state index in [1.165, 1.54) is 0 Å². The monoisotopic (exact) mass is 332 g/mol. The minimum absolute atomic E-state index is 0.0896. The zero-order valence-electron chi connectivity index (χ0n) is 12.9. The fourth-order valence-corrected chi connectivity index (χ4v) is 3.44. The second-order valence-electron chi connectivity index (χ2n) is 5.60. The summed E-state index contributed by atoms with van der Waals surface area (Å²) in [5.74, 6) is 0. The van der Waals surface area contributed by atoms with E-state index in [2.05, 4.69) is 11.4 Å². The van der Waals surface area contributed by atoms with Gasteiger partial charge >= 0.3 is 0 Å². The van der Waals surface area contributed by atoms with Crippen molar-refractivity contribution >= 4 is 17.3 Å². The van der Waals surface area contributed by atoms with Gasteiger partial charge in [0.15, 0.2) is 5.57 Å². The van der Waals surface area contributed by atoms with Crippen molar-refractivity contribution in [3.05, 3.63) is 62.8 Å². The molecule has 0 atom stereocenters. The molecule has 0 bridgehead atoms. The number of allylic oxidation sites excluding steroid dienone is 4. The molecule has 0 amide bonds. The first kappa shape index (κ1) is 15.9. The fourth-order valence-electron chi connectivity index (χ4n) is 3.21. The van der Waals surface area contributed by atoms with Crippen LogP contribution in [0.25, 0.3) is 5.70 Å². The molecule has 0 saturated heterocycles. The third-order valence-corrected chi connectivity index (χ3v) is 4.63. The van der Waals surface area contributed by atoms with Crippen molar-refractivity contribution < 1.29 is 0 Å². The van der Waals surface area contributed by atoms with E-state index >= 15 is 0 Å². The Labute approximate surface area is 145 Å². The van der Waals surface area contributed by atoms with E-state index in [9.17, 15) is 15.8 Å². The molecule has 1 saturated carbocycles. The maximum absolute atomic E-state index is 9.60. The summed E-state index contributed by atoms with van der Waals surface area (Å²) < 4.78 is 0. The highest BCUT2D eigenvalue weighted by Crippen LogP contribution is 2.42.